The van der Waals surface area contributed by atoms with Gasteiger partial charge in [0.05, 0.1) is 16.8 Å². The molecule has 0 spiro atoms. The third-order valence-electron chi connectivity index (χ3n) is 6.25. The van der Waals surface area contributed by atoms with Crippen LogP contribution in [0.15, 0.2) is 42.6 Å². The Morgan fingerprint density at radius 1 is 0.844 bits per heavy atom. The fourth-order valence-corrected chi connectivity index (χ4v) is 4.53. The second kappa shape index (κ2) is 7.56. The minimum atomic E-state index is -0.877. The number of amides is 2. The molecule has 0 saturated carbocycles. The summed E-state index contributed by atoms with van der Waals surface area (Å²) in [6.07, 6.45) is 1.75. The summed E-state index contributed by atoms with van der Waals surface area (Å²) in [6.45, 7) is 2.65. The molecule has 164 valence electrons. The van der Waals surface area contributed by atoms with Crippen LogP contribution in [0.3, 0.4) is 0 Å². The van der Waals surface area contributed by atoms with E-state index in [0.29, 0.717) is 18.7 Å². The summed E-state index contributed by atoms with van der Waals surface area (Å²) in [5.41, 5.74) is 1.59. The number of benzene rings is 2. The van der Waals surface area contributed by atoms with Crippen molar-refractivity contribution in [2.24, 2.45) is 7.05 Å². The first kappa shape index (κ1) is 20.4. The zero-order valence-corrected chi connectivity index (χ0v) is 17.8. The van der Waals surface area contributed by atoms with Crippen molar-refractivity contribution in [3.05, 3.63) is 65.4 Å². The van der Waals surface area contributed by atoms with Crippen molar-refractivity contribution in [3.8, 4) is 0 Å². The van der Waals surface area contributed by atoms with Gasteiger partial charge < -0.3 is 14.4 Å². The van der Waals surface area contributed by atoms with E-state index in [1.54, 1.807) is 6.20 Å². The van der Waals surface area contributed by atoms with E-state index in [1.807, 2.05) is 47.8 Å². The van der Waals surface area contributed by atoms with Gasteiger partial charge in [0, 0.05) is 67.5 Å². The van der Waals surface area contributed by atoms with E-state index in [1.165, 1.54) is 6.07 Å². The number of aryl methyl sites for hydroxylation is 1. The van der Waals surface area contributed by atoms with Crippen molar-refractivity contribution >= 4 is 39.6 Å². The van der Waals surface area contributed by atoms with E-state index in [9.17, 15) is 14.0 Å². The predicted molar refractivity (Wildman–Crippen MR) is 119 cm³/mol. The summed E-state index contributed by atoms with van der Waals surface area (Å²) in [7, 11) is 3.82. The normalized spacial score (nSPS) is 17.6. The lowest BCUT2D eigenvalue weighted by Gasteiger charge is -2.34. The van der Waals surface area contributed by atoms with Crippen LogP contribution in [0.25, 0.3) is 22.0 Å². The standard InChI is InChI=1S/C24H22F2N4O2/c1-28-7-9-30(10-8-28)20-11-15(17(25)12-18(20)26)21-22(24(32)27-23(21)31)16-13-29(2)19-6-4-3-5-14(16)19/h3-6,11-13H,7-10H2,1-2H3,(H,27,31,32). The van der Waals surface area contributed by atoms with Crippen LogP contribution in [0.5, 0.6) is 0 Å². The molecule has 2 aromatic carbocycles. The smallest absolute Gasteiger partial charge is 0.259 e. The van der Waals surface area contributed by atoms with Crippen LogP contribution in [0, 0.1) is 11.6 Å². The number of rotatable bonds is 3. The largest absolute Gasteiger partial charge is 0.367 e. The van der Waals surface area contributed by atoms with E-state index in [0.717, 1.165) is 30.1 Å². The number of aromatic nitrogens is 1. The van der Waals surface area contributed by atoms with Gasteiger partial charge in [-0.15, -0.1) is 0 Å². The van der Waals surface area contributed by atoms with Gasteiger partial charge in [0.1, 0.15) is 11.6 Å². The first-order valence-electron chi connectivity index (χ1n) is 10.4. The number of piperazine rings is 1. The highest BCUT2D eigenvalue weighted by atomic mass is 19.1. The summed E-state index contributed by atoms with van der Waals surface area (Å²) in [5, 5.41) is 3.07. The predicted octanol–water partition coefficient (Wildman–Crippen LogP) is 2.78. The molecular formula is C24H22F2N4O2. The summed E-state index contributed by atoms with van der Waals surface area (Å²) in [4.78, 5) is 29.6. The number of para-hydroxylation sites is 1. The quantitative estimate of drug-likeness (QED) is 0.642. The number of likely N-dealkylation sites (N-methyl/N-ethyl adjacent to an activating group) is 1. The topological polar surface area (TPSA) is 57.6 Å². The van der Waals surface area contributed by atoms with Gasteiger partial charge in [-0.2, -0.15) is 0 Å². The summed E-state index contributed by atoms with van der Waals surface area (Å²) >= 11 is 0. The molecule has 6 nitrogen and oxygen atoms in total. The molecule has 0 bridgehead atoms. The zero-order valence-electron chi connectivity index (χ0n) is 17.8. The minimum absolute atomic E-state index is 0.0702. The maximum absolute atomic E-state index is 15.0. The molecule has 2 aliphatic heterocycles. The second-order valence-electron chi connectivity index (χ2n) is 8.28. The Labute approximate surface area is 183 Å². The van der Waals surface area contributed by atoms with Crippen molar-refractivity contribution in [2.45, 2.75) is 0 Å². The number of hydrogen-bond acceptors (Lipinski definition) is 4. The molecule has 1 N–H and O–H groups in total. The fourth-order valence-electron chi connectivity index (χ4n) is 4.53. The molecule has 1 fully saturated rings. The molecule has 1 aromatic heterocycles. The highest BCUT2D eigenvalue weighted by Gasteiger charge is 2.36. The monoisotopic (exact) mass is 436 g/mol. The molecule has 5 rings (SSSR count). The number of nitrogens with zero attached hydrogens (tertiary/aromatic N) is 3. The average molecular weight is 436 g/mol. The molecule has 32 heavy (non-hydrogen) atoms. The number of halogens is 2. The number of hydrogen-bond donors (Lipinski definition) is 1. The Morgan fingerprint density at radius 2 is 1.50 bits per heavy atom. The lowest BCUT2D eigenvalue weighted by Crippen LogP contribution is -2.44. The molecular weight excluding hydrogens is 414 g/mol. The van der Waals surface area contributed by atoms with E-state index in [-0.39, 0.29) is 22.4 Å². The molecule has 3 aromatic rings. The average Bonchev–Trinajstić information content (AvgIpc) is 3.24. The van der Waals surface area contributed by atoms with Gasteiger partial charge in [0.15, 0.2) is 0 Å². The number of anilines is 1. The molecule has 0 radical (unpaired) electrons. The first-order valence-corrected chi connectivity index (χ1v) is 10.4. The van der Waals surface area contributed by atoms with E-state index < -0.39 is 23.4 Å². The molecule has 2 amide bonds. The maximum Gasteiger partial charge on any atom is 0.259 e. The van der Waals surface area contributed by atoms with Crippen LogP contribution in [0.4, 0.5) is 14.5 Å². The molecule has 2 aliphatic rings. The van der Waals surface area contributed by atoms with E-state index in [2.05, 4.69) is 10.2 Å². The molecule has 8 heteroatoms. The Bertz CT molecular complexity index is 1300. The van der Waals surface area contributed by atoms with Crippen molar-refractivity contribution in [1.29, 1.82) is 0 Å². The van der Waals surface area contributed by atoms with Crippen LogP contribution < -0.4 is 10.2 Å². The number of imide groups is 1. The molecule has 0 unspecified atom stereocenters. The Balaban J connectivity index is 1.71. The van der Waals surface area contributed by atoms with Crippen LogP contribution in [0.2, 0.25) is 0 Å². The lowest BCUT2D eigenvalue weighted by atomic mass is 9.95. The number of nitrogens with one attached hydrogen (secondary N) is 1. The first-order chi connectivity index (χ1) is 15.3. The summed E-state index contributed by atoms with van der Waals surface area (Å²) in [6, 6.07) is 9.62. The number of fused-ring (bicyclic) bond motifs is 1. The Hall–Kier alpha value is -3.52. The zero-order chi connectivity index (χ0) is 22.6. The maximum atomic E-state index is 15.0. The fraction of sp³-hybridized carbons (Fsp3) is 0.250. The molecule has 0 atom stereocenters. The van der Waals surface area contributed by atoms with Crippen LogP contribution in [-0.4, -0.2) is 54.5 Å². The third-order valence-corrected chi connectivity index (χ3v) is 6.25. The van der Waals surface area contributed by atoms with E-state index in [4.69, 9.17) is 0 Å². The molecule has 1 saturated heterocycles. The number of carbonyl (C=O) groups excluding carboxylic acids is 2. The number of carbonyl (C=O) groups is 2. The van der Waals surface area contributed by atoms with Crippen LogP contribution in [-0.2, 0) is 16.6 Å². The van der Waals surface area contributed by atoms with Gasteiger partial charge >= 0.3 is 0 Å². The highest BCUT2D eigenvalue weighted by molar-refractivity contribution is 6.50. The van der Waals surface area contributed by atoms with Crippen molar-refractivity contribution in [3.63, 3.8) is 0 Å². The van der Waals surface area contributed by atoms with Gasteiger partial charge in [-0.3, -0.25) is 14.9 Å². The Morgan fingerprint density at radius 3 is 2.22 bits per heavy atom. The minimum Gasteiger partial charge on any atom is -0.367 e. The van der Waals surface area contributed by atoms with Gasteiger partial charge in [-0.05, 0) is 19.2 Å². The van der Waals surface area contributed by atoms with E-state index >= 15 is 4.39 Å². The Kier molecular flexibility index (Phi) is 4.82. The van der Waals surface area contributed by atoms with Crippen molar-refractivity contribution < 1.29 is 18.4 Å². The second-order valence-corrected chi connectivity index (χ2v) is 8.28. The SMILES string of the molecule is CN1CCN(c2cc(C3=C(c4cn(C)c5ccccc45)C(=O)NC3=O)c(F)cc2F)CC1. The van der Waals surface area contributed by atoms with Gasteiger partial charge in [-0.1, -0.05) is 18.2 Å². The highest BCUT2D eigenvalue weighted by Crippen LogP contribution is 2.38. The van der Waals surface area contributed by atoms with Gasteiger partial charge in [0.25, 0.3) is 11.8 Å². The summed E-state index contributed by atoms with van der Waals surface area (Å²) < 4.78 is 31.6. The summed E-state index contributed by atoms with van der Waals surface area (Å²) in [5.74, 6) is -2.84. The van der Waals surface area contributed by atoms with Crippen molar-refractivity contribution in [2.75, 3.05) is 38.1 Å². The third kappa shape index (κ3) is 3.18. The van der Waals surface area contributed by atoms with Gasteiger partial charge in [-0.25, -0.2) is 8.78 Å². The molecule has 0 aliphatic carbocycles. The molecule has 3 heterocycles. The van der Waals surface area contributed by atoms with Gasteiger partial charge in [0.2, 0.25) is 0 Å². The van der Waals surface area contributed by atoms with Crippen molar-refractivity contribution in [1.82, 2.24) is 14.8 Å². The van der Waals surface area contributed by atoms with Crippen LogP contribution >= 0.6 is 0 Å². The lowest BCUT2D eigenvalue weighted by molar-refractivity contribution is -0.122. The van der Waals surface area contributed by atoms with Crippen LogP contribution in [0.1, 0.15) is 11.1 Å².